The number of methoxy groups -OCH3 is 1. The van der Waals surface area contributed by atoms with E-state index in [1.165, 1.54) is 0 Å². The SMILES string of the molecule is CCCCC(=O)NCc1c(C(=O)O)[nH]c2ccc(OC)cc12. The summed E-state index contributed by atoms with van der Waals surface area (Å²) in [5.74, 6) is -0.481. The second-order valence-corrected chi connectivity index (χ2v) is 5.08. The first kappa shape index (κ1) is 15.9. The Morgan fingerprint density at radius 1 is 1.36 bits per heavy atom. The van der Waals surface area contributed by atoms with E-state index >= 15 is 0 Å². The first-order chi connectivity index (χ1) is 10.6. The topological polar surface area (TPSA) is 91.4 Å². The molecule has 6 heteroatoms. The van der Waals surface area contributed by atoms with E-state index in [0.717, 1.165) is 18.2 Å². The second-order valence-electron chi connectivity index (χ2n) is 5.08. The van der Waals surface area contributed by atoms with E-state index in [-0.39, 0.29) is 18.1 Å². The Morgan fingerprint density at radius 3 is 2.77 bits per heavy atom. The first-order valence-electron chi connectivity index (χ1n) is 7.25. The number of hydrogen-bond acceptors (Lipinski definition) is 3. The van der Waals surface area contributed by atoms with Crippen LogP contribution >= 0.6 is 0 Å². The van der Waals surface area contributed by atoms with Gasteiger partial charge in [-0.2, -0.15) is 0 Å². The molecule has 0 unspecified atom stereocenters. The molecule has 2 rings (SSSR count). The molecule has 0 bridgehead atoms. The van der Waals surface area contributed by atoms with Crippen molar-refractivity contribution in [1.82, 2.24) is 10.3 Å². The molecule has 0 aliphatic carbocycles. The van der Waals surface area contributed by atoms with Crippen molar-refractivity contribution >= 4 is 22.8 Å². The van der Waals surface area contributed by atoms with E-state index in [1.807, 2.05) is 6.92 Å². The summed E-state index contributed by atoms with van der Waals surface area (Å²) in [4.78, 5) is 26.0. The summed E-state index contributed by atoms with van der Waals surface area (Å²) in [6, 6.07) is 5.29. The molecule has 0 radical (unpaired) electrons. The van der Waals surface area contributed by atoms with Crippen LogP contribution in [0.1, 0.15) is 42.2 Å². The van der Waals surface area contributed by atoms with Gasteiger partial charge < -0.3 is 20.1 Å². The molecule has 3 N–H and O–H groups in total. The smallest absolute Gasteiger partial charge is 0.352 e. The van der Waals surface area contributed by atoms with Crippen molar-refractivity contribution in [2.45, 2.75) is 32.7 Å². The number of H-pyrrole nitrogens is 1. The molecular weight excluding hydrogens is 284 g/mol. The predicted molar refractivity (Wildman–Crippen MR) is 83.2 cm³/mol. The lowest BCUT2D eigenvalue weighted by Crippen LogP contribution is -2.23. The van der Waals surface area contributed by atoms with Gasteiger partial charge in [0.2, 0.25) is 5.91 Å². The van der Waals surface area contributed by atoms with Crippen molar-refractivity contribution < 1.29 is 19.4 Å². The van der Waals surface area contributed by atoms with E-state index in [2.05, 4.69) is 10.3 Å². The number of aromatic nitrogens is 1. The number of aromatic carboxylic acids is 1. The lowest BCUT2D eigenvalue weighted by atomic mass is 10.1. The largest absolute Gasteiger partial charge is 0.497 e. The van der Waals surface area contributed by atoms with Crippen LogP contribution in [0.25, 0.3) is 10.9 Å². The minimum atomic E-state index is -1.05. The van der Waals surface area contributed by atoms with Gasteiger partial charge in [0, 0.05) is 29.4 Å². The Morgan fingerprint density at radius 2 is 2.14 bits per heavy atom. The number of fused-ring (bicyclic) bond motifs is 1. The van der Waals surface area contributed by atoms with Gasteiger partial charge in [-0.3, -0.25) is 4.79 Å². The minimum absolute atomic E-state index is 0.0737. The lowest BCUT2D eigenvalue weighted by molar-refractivity contribution is -0.121. The molecule has 0 aliphatic heterocycles. The highest BCUT2D eigenvalue weighted by Crippen LogP contribution is 2.26. The van der Waals surface area contributed by atoms with Crippen LogP contribution in [-0.2, 0) is 11.3 Å². The predicted octanol–water partition coefficient (Wildman–Crippen LogP) is 2.68. The number of unbranched alkanes of at least 4 members (excludes halogenated alkanes) is 1. The highest BCUT2D eigenvalue weighted by Gasteiger charge is 2.18. The van der Waals surface area contributed by atoms with Gasteiger partial charge in [-0.1, -0.05) is 13.3 Å². The molecule has 6 nitrogen and oxygen atoms in total. The molecule has 2 aromatic rings. The monoisotopic (exact) mass is 304 g/mol. The van der Waals surface area contributed by atoms with Crippen LogP contribution in [0.15, 0.2) is 18.2 Å². The maximum absolute atomic E-state index is 11.7. The minimum Gasteiger partial charge on any atom is -0.497 e. The number of hydrogen-bond donors (Lipinski definition) is 3. The van der Waals surface area contributed by atoms with Crippen molar-refractivity contribution in [3.8, 4) is 5.75 Å². The molecule has 1 aromatic heterocycles. The number of ether oxygens (including phenoxy) is 1. The highest BCUT2D eigenvalue weighted by atomic mass is 16.5. The molecule has 0 spiro atoms. The molecular formula is C16H20N2O4. The van der Waals surface area contributed by atoms with E-state index in [9.17, 15) is 14.7 Å². The second kappa shape index (κ2) is 6.98. The van der Waals surface area contributed by atoms with Crippen LogP contribution in [0.2, 0.25) is 0 Å². The van der Waals surface area contributed by atoms with Gasteiger partial charge in [0.05, 0.1) is 7.11 Å². The van der Waals surface area contributed by atoms with Crippen molar-refractivity contribution in [3.63, 3.8) is 0 Å². The fraction of sp³-hybridized carbons (Fsp3) is 0.375. The number of nitrogens with one attached hydrogen (secondary N) is 2. The van der Waals surface area contributed by atoms with E-state index in [4.69, 9.17) is 4.74 Å². The number of carboxylic acids is 1. The molecule has 118 valence electrons. The van der Waals surface area contributed by atoms with Crippen molar-refractivity contribution in [2.75, 3.05) is 7.11 Å². The van der Waals surface area contributed by atoms with E-state index < -0.39 is 5.97 Å². The third-order valence-corrected chi connectivity index (χ3v) is 3.55. The fourth-order valence-electron chi connectivity index (χ4n) is 2.33. The molecule has 1 heterocycles. The Labute approximate surface area is 128 Å². The number of carbonyl (C=O) groups excluding carboxylic acids is 1. The lowest BCUT2D eigenvalue weighted by Gasteiger charge is -2.06. The third-order valence-electron chi connectivity index (χ3n) is 3.55. The quantitative estimate of drug-likeness (QED) is 0.733. The summed E-state index contributed by atoms with van der Waals surface area (Å²) in [7, 11) is 1.55. The molecule has 0 aliphatic rings. The molecule has 0 atom stereocenters. The number of amides is 1. The standard InChI is InChI=1S/C16H20N2O4/c1-3-4-5-14(19)17-9-12-11-8-10(22-2)6-7-13(11)18-15(12)16(20)21/h6-8,18H,3-5,9H2,1-2H3,(H,17,19)(H,20,21). The first-order valence-corrected chi connectivity index (χ1v) is 7.25. The Balaban J connectivity index is 2.30. The van der Waals surface area contributed by atoms with E-state index in [1.54, 1.807) is 25.3 Å². The van der Waals surface area contributed by atoms with Gasteiger partial charge in [-0.15, -0.1) is 0 Å². The summed E-state index contributed by atoms with van der Waals surface area (Å²) in [5.41, 5.74) is 1.36. The van der Waals surface area contributed by atoms with E-state index in [0.29, 0.717) is 23.3 Å². The molecule has 0 fully saturated rings. The Kier molecular flexibility index (Phi) is 5.04. The maximum Gasteiger partial charge on any atom is 0.352 e. The number of benzene rings is 1. The van der Waals surface area contributed by atoms with Crippen LogP contribution in [0.5, 0.6) is 5.75 Å². The normalized spacial score (nSPS) is 10.6. The van der Waals surface area contributed by atoms with Gasteiger partial charge in [-0.25, -0.2) is 4.79 Å². The summed E-state index contributed by atoms with van der Waals surface area (Å²) >= 11 is 0. The van der Waals surface area contributed by atoms with Gasteiger partial charge in [0.25, 0.3) is 0 Å². The van der Waals surface area contributed by atoms with Crippen LogP contribution in [0.4, 0.5) is 0 Å². The number of aromatic amines is 1. The molecule has 1 aromatic carbocycles. The summed E-state index contributed by atoms with van der Waals surface area (Å²) < 4.78 is 5.18. The molecule has 0 saturated carbocycles. The summed E-state index contributed by atoms with van der Waals surface area (Å²) in [6.07, 6.45) is 2.21. The van der Waals surface area contributed by atoms with Gasteiger partial charge in [0.1, 0.15) is 11.4 Å². The van der Waals surface area contributed by atoms with Gasteiger partial charge in [-0.05, 0) is 24.6 Å². The average Bonchev–Trinajstić information content (AvgIpc) is 2.88. The van der Waals surface area contributed by atoms with Crippen LogP contribution in [0.3, 0.4) is 0 Å². The number of carboxylic acid groups (broad SMARTS) is 1. The van der Waals surface area contributed by atoms with Gasteiger partial charge >= 0.3 is 5.97 Å². The van der Waals surface area contributed by atoms with Gasteiger partial charge in [0.15, 0.2) is 0 Å². The molecule has 0 saturated heterocycles. The van der Waals surface area contributed by atoms with Crippen LogP contribution in [0, 0.1) is 0 Å². The zero-order valence-corrected chi connectivity index (χ0v) is 12.7. The van der Waals surface area contributed by atoms with Crippen molar-refractivity contribution in [3.05, 3.63) is 29.5 Å². The number of carbonyl (C=O) groups is 2. The fourth-order valence-corrected chi connectivity index (χ4v) is 2.33. The van der Waals surface area contributed by atoms with Crippen molar-refractivity contribution in [1.29, 1.82) is 0 Å². The van der Waals surface area contributed by atoms with Crippen LogP contribution in [-0.4, -0.2) is 29.1 Å². The molecule has 22 heavy (non-hydrogen) atoms. The van der Waals surface area contributed by atoms with Crippen molar-refractivity contribution in [2.24, 2.45) is 0 Å². The zero-order valence-electron chi connectivity index (χ0n) is 12.7. The zero-order chi connectivity index (χ0) is 16.1. The Hall–Kier alpha value is -2.50. The molecule has 1 amide bonds. The highest BCUT2D eigenvalue weighted by molar-refractivity contribution is 5.98. The third kappa shape index (κ3) is 3.39. The summed E-state index contributed by atoms with van der Waals surface area (Å²) in [5, 5.41) is 12.8. The summed E-state index contributed by atoms with van der Waals surface area (Å²) in [6.45, 7) is 2.19. The number of rotatable bonds is 7. The average molecular weight is 304 g/mol. The van der Waals surface area contributed by atoms with Crippen LogP contribution < -0.4 is 10.1 Å². The Bertz CT molecular complexity index is 691. The maximum atomic E-state index is 11.7.